The lowest BCUT2D eigenvalue weighted by Gasteiger charge is -2.45. The molecule has 2 N–H and O–H groups in total. The zero-order chi connectivity index (χ0) is 12.8. The predicted molar refractivity (Wildman–Crippen MR) is 73.6 cm³/mol. The van der Waals surface area contributed by atoms with Gasteiger partial charge in [0, 0.05) is 19.3 Å². The van der Waals surface area contributed by atoms with E-state index in [4.69, 9.17) is 15.2 Å². The minimum Gasteiger partial charge on any atom is -0.380 e. The van der Waals surface area contributed by atoms with Crippen molar-refractivity contribution in [3.05, 3.63) is 0 Å². The maximum Gasteiger partial charge on any atom is 0.0685 e. The molecule has 3 heteroatoms. The summed E-state index contributed by atoms with van der Waals surface area (Å²) in [6.07, 6.45) is 9.86. The van der Waals surface area contributed by atoms with Crippen LogP contribution in [0.15, 0.2) is 0 Å². The van der Waals surface area contributed by atoms with Crippen LogP contribution in [0.4, 0.5) is 0 Å². The zero-order valence-corrected chi connectivity index (χ0v) is 11.8. The van der Waals surface area contributed by atoms with Crippen LogP contribution in [0.1, 0.15) is 58.3 Å². The van der Waals surface area contributed by atoms with E-state index >= 15 is 0 Å². The second-order valence-corrected chi connectivity index (χ2v) is 6.08. The number of hydrogen-bond acceptors (Lipinski definition) is 3. The second-order valence-electron chi connectivity index (χ2n) is 6.08. The lowest BCUT2D eigenvalue weighted by Crippen LogP contribution is -2.47. The Bertz CT molecular complexity index is 233. The van der Waals surface area contributed by atoms with Crippen molar-refractivity contribution in [3.63, 3.8) is 0 Å². The van der Waals surface area contributed by atoms with E-state index in [2.05, 4.69) is 6.92 Å². The Balaban J connectivity index is 1.81. The molecule has 1 heterocycles. The molecule has 0 bridgehead atoms. The molecule has 0 aromatic rings. The van der Waals surface area contributed by atoms with Gasteiger partial charge in [0.1, 0.15) is 0 Å². The van der Waals surface area contributed by atoms with Crippen LogP contribution in [0, 0.1) is 5.92 Å². The van der Waals surface area contributed by atoms with E-state index in [0.717, 1.165) is 32.5 Å². The monoisotopic (exact) mass is 255 g/mol. The fourth-order valence-corrected chi connectivity index (χ4v) is 3.48. The first-order valence-corrected chi connectivity index (χ1v) is 7.73. The third-order valence-corrected chi connectivity index (χ3v) is 4.56. The maximum atomic E-state index is 6.30. The van der Waals surface area contributed by atoms with E-state index in [9.17, 15) is 0 Å². The Morgan fingerprint density at radius 3 is 2.83 bits per heavy atom. The van der Waals surface area contributed by atoms with Crippen molar-refractivity contribution in [2.75, 3.05) is 19.8 Å². The van der Waals surface area contributed by atoms with E-state index in [-0.39, 0.29) is 11.6 Å². The molecule has 106 valence electrons. The highest BCUT2D eigenvalue weighted by Crippen LogP contribution is 2.41. The van der Waals surface area contributed by atoms with Gasteiger partial charge < -0.3 is 15.2 Å². The van der Waals surface area contributed by atoms with Crippen LogP contribution in [0.2, 0.25) is 0 Å². The summed E-state index contributed by atoms with van der Waals surface area (Å²) in [5, 5.41) is 0. The van der Waals surface area contributed by atoms with Gasteiger partial charge in [0.15, 0.2) is 0 Å². The first kappa shape index (κ1) is 14.3. The van der Waals surface area contributed by atoms with Crippen LogP contribution in [-0.4, -0.2) is 31.5 Å². The van der Waals surface area contributed by atoms with Gasteiger partial charge in [-0.2, -0.15) is 0 Å². The van der Waals surface area contributed by atoms with E-state index in [0.29, 0.717) is 12.5 Å². The standard InChI is InChI=1S/C15H29NO2/c1-2-9-17-12-14(16)13-6-10-18-15(11-13)7-4-3-5-8-15/h13-14H,2-12,16H2,1H3. The highest BCUT2D eigenvalue weighted by molar-refractivity contribution is 4.92. The van der Waals surface area contributed by atoms with Crippen LogP contribution in [0.3, 0.4) is 0 Å². The van der Waals surface area contributed by atoms with Crippen LogP contribution < -0.4 is 5.73 Å². The topological polar surface area (TPSA) is 44.5 Å². The molecule has 0 radical (unpaired) electrons. The largest absolute Gasteiger partial charge is 0.380 e. The Morgan fingerprint density at radius 2 is 2.11 bits per heavy atom. The third kappa shape index (κ3) is 3.69. The number of rotatable bonds is 5. The lowest BCUT2D eigenvalue weighted by molar-refractivity contribution is -0.122. The molecular formula is C15H29NO2. The number of hydrogen-bond donors (Lipinski definition) is 1. The van der Waals surface area contributed by atoms with Gasteiger partial charge >= 0.3 is 0 Å². The van der Waals surface area contributed by atoms with Gasteiger partial charge in [0.2, 0.25) is 0 Å². The van der Waals surface area contributed by atoms with E-state index in [1.165, 1.54) is 32.1 Å². The van der Waals surface area contributed by atoms with Crippen molar-refractivity contribution < 1.29 is 9.47 Å². The first-order valence-electron chi connectivity index (χ1n) is 7.73. The highest BCUT2D eigenvalue weighted by atomic mass is 16.5. The third-order valence-electron chi connectivity index (χ3n) is 4.56. The molecule has 2 atom stereocenters. The Hall–Kier alpha value is -0.120. The molecule has 18 heavy (non-hydrogen) atoms. The van der Waals surface area contributed by atoms with Crippen molar-refractivity contribution in [1.82, 2.24) is 0 Å². The number of ether oxygens (including phenoxy) is 2. The van der Waals surface area contributed by atoms with Crippen molar-refractivity contribution in [1.29, 1.82) is 0 Å². The van der Waals surface area contributed by atoms with Gasteiger partial charge in [-0.3, -0.25) is 0 Å². The van der Waals surface area contributed by atoms with Gasteiger partial charge in [0.05, 0.1) is 12.2 Å². The zero-order valence-electron chi connectivity index (χ0n) is 11.8. The molecular weight excluding hydrogens is 226 g/mol. The smallest absolute Gasteiger partial charge is 0.0685 e. The van der Waals surface area contributed by atoms with Gasteiger partial charge in [-0.05, 0) is 38.0 Å². The Morgan fingerprint density at radius 1 is 1.33 bits per heavy atom. The van der Waals surface area contributed by atoms with Crippen LogP contribution >= 0.6 is 0 Å². The van der Waals surface area contributed by atoms with Crippen LogP contribution in [0.25, 0.3) is 0 Å². The fraction of sp³-hybridized carbons (Fsp3) is 1.00. The summed E-state index contributed by atoms with van der Waals surface area (Å²) in [5.41, 5.74) is 6.47. The fourth-order valence-electron chi connectivity index (χ4n) is 3.48. The summed E-state index contributed by atoms with van der Waals surface area (Å²) in [7, 11) is 0. The van der Waals surface area contributed by atoms with Gasteiger partial charge in [0.25, 0.3) is 0 Å². The van der Waals surface area contributed by atoms with Gasteiger partial charge in [-0.15, -0.1) is 0 Å². The summed E-state index contributed by atoms with van der Waals surface area (Å²) in [5.74, 6) is 0.591. The maximum absolute atomic E-state index is 6.30. The van der Waals surface area contributed by atoms with Crippen LogP contribution in [0.5, 0.6) is 0 Å². The van der Waals surface area contributed by atoms with Crippen molar-refractivity contribution >= 4 is 0 Å². The molecule has 1 aliphatic heterocycles. The molecule has 2 unspecified atom stereocenters. The van der Waals surface area contributed by atoms with Crippen LogP contribution in [-0.2, 0) is 9.47 Å². The minimum atomic E-state index is 0.170. The van der Waals surface area contributed by atoms with E-state index < -0.39 is 0 Å². The highest BCUT2D eigenvalue weighted by Gasteiger charge is 2.39. The molecule has 1 saturated heterocycles. The molecule has 1 aliphatic carbocycles. The summed E-state index contributed by atoms with van der Waals surface area (Å²) in [6, 6.07) is 0.194. The van der Waals surface area contributed by atoms with Crippen molar-refractivity contribution in [3.8, 4) is 0 Å². The SMILES string of the molecule is CCCOCC(N)C1CCOC2(CCCCC2)C1. The Kier molecular flexibility index (Phi) is 5.46. The molecule has 2 rings (SSSR count). The molecule has 2 fully saturated rings. The minimum absolute atomic E-state index is 0.170. The predicted octanol–water partition coefficient (Wildman–Crippen LogP) is 2.87. The molecule has 1 spiro atoms. The van der Waals surface area contributed by atoms with E-state index in [1.807, 2.05) is 0 Å². The molecule has 0 aromatic carbocycles. The number of nitrogens with two attached hydrogens (primary N) is 1. The average molecular weight is 255 g/mol. The van der Waals surface area contributed by atoms with Gasteiger partial charge in [-0.25, -0.2) is 0 Å². The quantitative estimate of drug-likeness (QED) is 0.768. The summed E-state index contributed by atoms with van der Waals surface area (Å²) in [6.45, 7) is 4.58. The lowest BCUT2D eigenvalue weighted by atomic mass is 9.74. The van der Waals surface area contributed by atoms with Crippen molar-refractivity contribution in [2.24, 2.45) is 11.7 Å². The second kappa shape index (κ2) is 6.88. The summed E-state index contributed by atoms with van der Waals surface area (Å²) < 4.78 is 11.7. The van der Waals surface area contributed by atoms with E-state index in [1.54, 1.807) is 0 Å². The average Bonchev–Trinajstić information content (AvgIpc) is 2.40. The first-order chi connectivity index (χ1) is 8.76. The molecule has 2 aliphatic rings. The molecule has 1 saturated carbocycles. The normalized spacial score (nSPS) is 29.3. The van der Waals surface area contributed by atoms with Gasteiger partial charge in [-0.1, -0.05) is 26.2 Å². The van der Waals surface area contributed by atoms with Crippen molar-refractivity contribution in [2.45, 2.75) is 69.9 Å². The molecule has 0 aromatic heterocycles. The Labute approximate surface area is 111 Å². The molecule has 3 nitrogen and oxygen atoms in total. The summed E-state index contributed by atoms with van der Waals surface area (Å²) in [4.78, 5) is 0. The molecule has 0 amide bonds. The summed E-state index contributed by atoms with van der Waals surface area (Å²) >= 11 is 0.